The summed E-state index contributed by atoms with van der Waals surface area (Å²) in [6.45, 7) is 3.99. The summed E-state index contributed by atoms with van der Waals surface area (Å²) < 4.78 is 0. The molecule has 0 amide bonds. The van der Waals surface area contributed by atoms with Crippen LogP contribution >= 0.6 is 0 Å². The van der Waals surface area contributed by atoms with Crippen LogP contribution in [-0.4, -0.2) is 12.9 Å². The summed E-state index contributed by atoms with van der Waals surface area (Å²) in [4.78, 5) is 3.85. The highest BCUT2D eigenvalue weighted by Gasteiger charge is 1.97. The average Bonchev–Trinajstić information content (AvgIpc) is 1.87. The minimum absolute atomic E-state index is 0.278. The Kier molecular flexibility index (Phi) is 3.76. The number of rotatable bonds is 2. The number of aliphatic imine (C=N–C) groups is 1. The topological polar surface area (TPSA) is 38.4 Å². The number of amidine groups is 1. The Hall–Kier alpha value is -0.790. The summed E-state index contributed by atoms with van der Waals surface area (Å²) in [6, 6.07) is 0. The maximum Gasteiger partial charge on any atom is 0.1000 e. The molecule has 0 aromatic heterocycles. The van der Waals surface area contributed by atoms with Gasteiger partial charge in [0.15, 0.2) is 0 Å². The summed E-state index contributed by atoms with van der Waals surface area (Å²) in [5, 5.41) is 0. The molecule has 9 heavy (non-hydrogen) atoms. The molecule has 0 aliphatic rings. The molecule has 0 aliphatic heterocycles. The van der Waals surface area contributed by atoms with Crippen molar-refractivity contribution in [3.05, 3.63) is 12.2 Å². The summed E-state index contributed by atoms with van der Waals surface area (Å²) in [5.41, 5.74) is 5.50. The fourth-order valence-corrected chi connectivity index (χ4v) is 0.591. The molecule has 52 valence electrons. The van der Waals surface area contributed by atoms with E-state index in [2.05, 4.69) is 4.99 Å². The molecule has 1 unspecified atom stereocenters. The SMILES string of the molecule is CC=CC(C)C(N)=NC. The number of hydrogen-bond donors (Lipinski definition) is 1. The van der Waals surface area contributed by atoms with Crippen LogP contribution in [0.15, 0.2) is 17.1 Å². The van der Waals surface area contributed by atoms with Gasteiger partial charge in [-0.1, -0.05) is 19.1 Å². The van der Waals surface area contributed by atoms with Gasteiger partial charge in [0.25, 0.3) is 0 Å². The lowest BCUT2D eigenvalue weighted by Crippen LogP contribution is -2.19. The first-order valence-corrected chi connectivity index (χ1v) is 3.07. The van der Waals surface area contributed by atoms with Crippen LogP contribution in [0, 0.1) is 5.92 Å². The van der Waals surface area contributed by atoms with E-state index >= 15 is 0 Å². The molecule has 0 spiro atoms. The van der Waals surface area contributed by atoms with Gasteiger partial charge in [-0.3, -0.25) is 4.99 Å². The van der Waals surface area contributed by atoms with Gasteiger partial charge in [-0.15, -0.1) is 0 Å². The van der Waals surface area contributed by atoms with Crippen LogP contribution < -0.4 is 5.73 Å². The highest BCUT2D eigenvalue weighted by Crippen LogP contribution is 1.95. The van der Waals surface area contributed by atoms with Crippen molar-refractivity contribution in [2.75, 3.05) is 7.05 Å². The van der Waals surface area contributed by atoms with Crippen LogP contribution in [0.4, 0.5) is 0 Å². The van der Waals surface area contributed by atoms with Gasteiger partial charge in [-0.25, -0.2) is 0 Å². The Balaban J connectivity index is 3.88. The van der Waals surface area contributed by atoms with E-state index in [1.807, 2.05) is 26.0 Å². The lowest BCUT2D eigenvalue weighted by molar-refractivity contribution is 0.972. The molecule has 1 atom stereocenters. The van der Waals surface area contributed by atoms with Gasteiger partial charge < -0.3 is 5.73 Å². The molecule has 2 nitrogen and oxygen atoms in total. The van der Waals surface area contributed by atoms with Gasteiger partial charge in [0.2, 0.25) is 0 Å². The molecule has 0 heterocycles. The molecule has 2 N–H and O–H groups in total. The van der Waals surface area contributed by atoms with Gasteiger partial charge >= 0.3 is 0 Å². The standard InChI is InChI=1S/C7H14N2/c1-4-5-6(2)7(8)9-3/h4-6H,1-3H3,(H2,8,9). The van der Waals surface area contributed by atoms with Gasteiger partial charge in [0, 0.05) is 13.0 Å². The first-order valence-electron chi connectivity index (χ1n) is 3.07. The lowest BCUT2D eigenvalue weighted by atomic mass is 10.1. The third-order valence-corrected chi connectivity index (χ3v) is 1.21. The maximum atomic E-state index is 5.50. The van der Waals surface area contributed by atoms with E-state index in [9.17, 15) is 0 Å². The van der Waals surface area contributed by atoms with Gasteiger partial charge in [-0.2, -0.15) is 0 Å². The quantitative estimate of drug-likeness (QED) is 0.337. The van der Waals surface area contributed by atoms with E-state index in [1.54, 1.807) is 7.05 Å². The van der Waals surface area contributed by atoms with E-state index in [1.165, 1.54) is 0 Å². The Labute approximate surface area is 56.5 Å². The molecule has 0 aromatic rings. The van der Waals surface area contributed by atoms with Crippen molar-refractivity contribution in [1.29, 1.82) is 0 Å². The second-order valence-corrected chi connectivity index (χ2v) is 1.96. The molecule has 0 aromatic carbocycles. The highest BCUT2D eigenvalue weighted by atomic mass is 14.8. The predicted molar refractivity (Wildman–Crippen MR) is 41.5 cm³/mol. The number of hydrogen-bond acceptors (Lipinski definition) is 1. The lowest BCUT2D eigenvalue weighted by Gasteiger charge is -2.01. The molecule has 0 saturated heterocycles. The number of allylic oxidation sites excluding steroid dienone is 1. The molecule has 0 bridgehead atoms. The van der Waals surface area contributed by atoms with Crippen LogP contribution in [0.3, 0.4) is 0 Å². The van der Waals surface area contributed by atoms with Crippen LogP contribution in [-0.2, 0) is 0 Å². The Bertz CT molecular complexity index is 125. The van der Waals surface area contributed by atoms with E-state index in [-0.39, 0.29) is 5.92 Å². The molecule has 0 radical (unpaired) electrons. The summed E-state index contributed by atoms with van der Waals surface area (Å²) >= 11 is 0. The van der Waals surface area contributed by atoms with E-state index in [0.29, 0.717) is 5.84 Å². The average molecular weight is 126 g/mol. The molecule has 0 fully saturated rings. The van der Waals surface area contributed by atoms with Crippen LogP contribution in [0.5, 0.6) is 0 Å². The van der Waals surface area contributed by atoms with Crippen molar-refractivity contribution >= 4 is 5.84 Å². The van der Waals surface area contributed by atoms with E-state index in [4.69, 9.17) is 5.73 Å². The minimum atomic E-state index is 0.278. The van der Waals surface area contributed by atoms with Crippen LogP contribution in [0.25, 0.3) is 0 Å². The molecule has 0 aliphatic carbocycles. The third kappa shape index (κ3) is 2.90. The monoisotopic (exact) mass is 126 g/mol. The fraction of sp³-hybridized carbons (Fsp3) is 0.571. The zero-order valence-corrected chi connectivity index (χ0v) is 6.26. The molecule has 0 rings (SSSR count). The van der Waals surface area contributed by atoms with Crippen molar-refractivity contribution in [2.45, 2.75) is 13.8 Å². The normalized spacial score (nSPS) is 16.6. The minimum Gasteiger partial charge on any atom is -0.387 e. The zero-order valence-electron chi connectivity index (χ0n) is 6.26. The van der Waals surface area contributed by atoms with Crippen molar-refractivity contribution in [3.8, 4) is 0 Å². The second kappa shape index (κ2) is 4.13. The molecular weight excluding hydrogens is 112 g/mol. The molecule has 2 heteroatoms. The summed E-state index contributed by atoms with van der Waals surface area (Å²) in [7, 11) is 1.70. The molecular formula is C7H14N2. The van der Waals surface area contributed by atoms with E-state index in [0.717, 1.165) is 0 Å². The van der Waals surface area contributed by atoms with Gasteiger partial charge in [-0.05, 0) is 6.92 Å². The van der Waals surface area contributed by atoms with Crippen LogP contribution in [0.2, 0.25) is 0 Å². The van der Waals surface area contributed by atoms with Crippen LogP contribution in [0.1, 0.15) is 13.8 Å². The first kappa shape index (κ1) is 8.21. The largest absolute Gasteiger partial charge is 0.387 e. The summed E-state index contributed by atoms with van der Waals surface area (Å²) in [5.74, 6) is 0.966. The first-order chi connectivity index (χ1) is 4.22. The number of nitrogens with zero attached hydrogens (tertiary/aromatic N) is 1. The predicted octanol–water partition coefficient (Wildman–Crippen LogP) is 1.19. The van der Waals surface area contributed by atoms with E-state index < -0.39 is 0 Å². The fourth-order valence-electron chi connectivity index (χ4n) is 0.591. The second-order valence-electron chi connectivity index (χ2n) is 1.96. The Morgan fingerprint density at radius 2 is 2.22 bits per heavy atom. The number of nitrogens with two attached hydrogens (primary N) is 1. The summed E-state index contributed by atoms with van der Waals surface area (Å²) in [6.07, 6.45) is 3.99. The zero-order chi connectivity index (χ0) is 7.28. The smallest absolute Gasteiger partial charge is 0.1000 e. The molecule has 0 saturated carbocycles. The third-order valence-electron chi connectivity index (χ3n) is 1.21. The Morgan fingerprint density at radius 3 is 2.56 bits per heavy atom. The highest BCUT2D eigenvalue weighted by molar-refractivity contribution is 5.83. The van der Waals surface area contributed by atoms with Crippen molar-refractivity contribution < 1.29 is 0 Å². The van der Waals surface area contributed by atoms with Crippen molar-refractivity contribution in [3.63, 3.8) is 0 Å². The van der Waals surface area contributed by atoms with Crippen molar-refractivity contribution in [2.24, 2.45) is 16.6 Å². The van der Waals surface area contributed by atoms with Gasteiger partial charge in [0.1, 0.15) is 0 Å². The maximum absolute atomic E-state index is 5.50. The van der Waals surface area contributed by atoms with Crippen molar-refractivity contribution in [1.82, 2.24) is 0 Å². The Morgan fingerprint density at radius 1 is 1.67 bits per heavy atom. The van der Waals surface area contributed by atoms with Gasteiger partial charge in [0.05, 0.1) is 5.84 Å².